The maximum absolute atomic E-state index is 10.1. The second-order valence-corrected chi connectivity index (χ2v) is 1.76. The van der Waals surface area contributed by atoms with Gasteiger partial charge in [-0.05, 0) is 0 Å². The molecule has 0 bridgehead atoms. The molecule has 9 heavy (non-hydrogen) atoms. The fourth-order valence-electron chi connectivity index (χ4n) is 0.644. The Morgan fingerprint density at radius 3 is 2.67 bits per heavy atom. The summed E-state index contributed by atoms with van der Waals surface area (Å²) in [6.45, 7) is 0. The lowest BCUT2D eigenvalue weighted by molar-refractivity contribution is -0.726. The number of hydrogen-bond acceptors (Lipinski definition) is 2. The van der Waals surface area contributed by atoms with E-state index in [1.54, 1.807) is 18.2 Å². The zero-order valence-corrected chi connectivity index (χ0v) is 4.82. The second-order valence-electron chi connectivity index (χ2n) is 1.76. The minimum Gasteiger partial charge on any atom is -0.417 e. The molecule has 0 radical (unpaired) electrons. The zero-order valence-electron chi connectivity index (χ0n) is 4.82. The van der Waals surface area contributed by atoms with Crippen LogP contribution in [0.2, 0.25) is 0 Å². The summed E-state index contributed by atoms with van der Waals surface area (Å²) in [6.07, 6.45) is 7.42. The summed E-state index contributed by atoms with van der Waals surface area (Å²) in [5.74, 6) is 0. The molecule has 0 aliphatic heterocycles. The third-order valence-electron chi connectivity index (χ3n) is 1.11. The van der Waals surface area contributed by atoms with E-state index >= 15 is 0 Å². The van der Waals surface area contributed by atoms with Crippen LogP contribution in [0.3, 0.4) is 0 Å². The minimum atomic E-state index is -0.111. The Morgan fingerprint density at radius 1 is 1.56 bits per heavy atom. The van der Waals surface area contributed by atoms with Crippen molar-refractivity contribution in [2.45, 2.75) is 6.42 Å². The summed E-state index contributed by atoms with van der Waals surface area (Å²) in [6, 6.07) is 0. The maximum Gasteiger partial charge on any atom is 0.248 e. The predicted octanol–water partition coefficient (Wildman–Crippen LogP) is 0.843. The van der Waals surface area contributed by atoms with Crippen molar-refractivity contribution in [2.24, 2.45) is 0 Å². The molecule has 0 saturated heterocycles. The normalized spacial score (nSPS) is 22.2. The number of rotatable bonds is 0. The van der Waals surface area contributed by atoms with Gasteiger partial charge in [0, 0.05) is 11.0 Å². The second kappa shape index (κ2) is 2.35. The highest BCUT2D eigenvalue weighted by molar-refractivity contribution is 5.93. The van der Waals surface area contributed by atoms with Crippen molar-refractivity contribution in [1.82, 2.24) is 0 Å². The largest absolute Gasteiger partial charge is 0.417 e. The van der Waals surface area contributed by atoms with E-state index in [1.165, 1.54) is 0 Å². The van der Waals surface area contributed by atoms with E-state index in [0.29, 0.717) is 12.1 Å². The molecular formula is C6H7NO2. The minimum absolute atomic E-state index is 0.111. The van der Waals surface area contributed by atoms with Gasteiger partial charge in [0.25, 0.3) is 0 Å². The van der Waals surface area contributed by atoms with Crippen molar-refractivity contribution in [2.75, 3.05) is 0 Å². The molecular weight excluding hydrogens is 118 g/mol. The quantitative estimate of drug-likeness (QED) is 0.296. The van der Waals surface area contributed by atoms with E-state index in [9.17, 15) is 5.21 Å². The van der Waals surface area contributed by atoms with Gasteiger partial charge in [-0.15, -0.1) is 0 Å². The number of hydrogen-bond donors (Lipinski definition) is 1. The van der Waals surface area contributed by atoms with E-state index in [4.69, 9.17) is 5.21 Å². The molecule has 48 valence electrons. The average Bonchev–Trinajstić information content (AvgIpc) is 1.90. The van der Waals surface area contributed by atoms with Crippen molar-refractivity contribution in [3.8, 4) is 0 Å². The van der Waals surface area contributed by atoms with Gasteiger partial charge in [0.1, 0.15) is 0 Å². The fraction of sp³-hybridized carbons (Fsp3) is 0.167. The van der Waals surface area contributed by atoms with Gasteiger partial charge in [0.15, 0.2) is 0 Å². The first-order valence-electron chi connectivity index (χ1n) is 2.66. The molecule has 0 aromatic heterocycles. The lowest BCUT2D eigenvalue weighted by Gasteiger charge is -1.95. The summed E-state index contributed by atoms with van der Waals surface area (Å²) >= 11 is 0. The van der Waals surface area contributed by atoms with Crippen LogP contribution in [0.5, 0.6) is 0 Å². The van der Waals surface area contributed by atoms with Crippen LogP contribution in [0, 0.1) is 5.21 Å². The van der Waals surface area contributed by atoms with Gasteiger partial charge in [0.2, 0.25) is 5.71 Å². The molecule has 0 aromatic carbocycles. The molecule has 1 rings (SSSR count). The number of allylic oxidation sites excluding steroid dienone is 4. The Balaban J connectivity index is 2.78. The maximum atomic E-state index is 10.1. The zero-order chi connectivity index (χ0) is 6.69. The molecule has 0 fully saturated rings. The van der Waals surface area contributed by atoms with Crippen molar-refractivity contribution >= 4 is 5.71 Å². The highest BCUT2D eigenvalue weighted by atomic mass is 16.8. The van der Waals surface area contributed by atoms with Gasteiger partial charge in [-0.25, -0.2) is 0 Å². The summed E-state index contributed by atoms with van der Waals surface area (Å²) in [7, 11) is 0. The lowest BCUT2D eigenvalue weighted by Crippen LogP contribution is -2.09. The van der Waals surface area contributed by atoms with Gasteiger partial charge in [-0.1, -0.05) is 18.2 Å². The first-order chi connectivity index (χ1) is 4.30. The van der Waals surface area contributed by atoms with Crippen LogP contribution >= 0.6 is 0 Å². The van der Waals surface area contributed by atoms with Crippen LogP contribution in [0.4, 0.5) is 0 Å². The van der Waals surface area contributed by atoms with Crippen LogP contribution in [0.25, 0.3) is 0 Å². The van der Waals surface area contributed by atoms with Crippen molar-refractivity contribution in [3.05, 3.63) is 29.5 Å². The topological polar surface area (TPSA) is 46.3 Å². The Morgan fingerprint density at radius 2 is 2.33 bits per heavy atom. The van der Waals surface area contributed by atoms with Crippen molar-refractivity contribution < 1.29 is 10.1 Å². The third kappa shape index (κ3) is 1.32. The molecule has 3 heteroatoms. The molecule has 1 aliphatic carbocycles. The Bertz CT molecular complexity index is 187. The molecule has 1 aliphatic rings. The fourth-order valence-corrected chi connectivity index (χ4v) is 0.644. The highest BCUT2D eigenvalue weighted by Gasteiger charge is 2.04. The first kappa shape index (κ1) is 5.88. The summed E-state index contributed by atoms with van der Waals surface area (Å²) < 4.78 is 0. The molecule has 0 spiro atoms. The molecule has 3 nitrogen and oxygen atoms in total. The lowest BCUT2D eigenvalue weighted by atomic mass is 10.2. The van der Waals surface area contributed by atoms with Gasteiger partial charge in [0.05, 0.1) is 6.42 Å². The van der Waals surface area contributed by atoms with Crippen molar-refractivity contribution in [1.29, 1.82) is 0 Å². The molecule has 1 N–H and O–H groups in total. The molecule has 0 heterocycles. The molecule has 0 aromatic rings. The average molecular weight is 125 g/mol. The Kier molecular flexibility index (Phi) is 1.53. The van der Waals surface area contributed by atoms with E-state index in [0.717, 1.165) is 0 Å². The van der Waals surface area contributed by atoms with Crippen LogP contribution in [0.1, 0.15) is 6.42 Å². The van der Waals surface area contributed by atoms with Crippen molar-refractivity contribution in [3.63, 3.8) is 0 Å². The van der Waals surface area contributed by atoms with Gasteiger partial charge in [-0.3, -0.25) is 5.21 Å². The van der Waals surface area contributed by atoms with Crippen LogP contribution in [-0.2, 0) is 0 Å². The predicted molar refractivity (Wildman–Crippen MR) is 33.3 cm³/mol. The van der Waals surface area contributed by atoms with Crippen LogP contribution in [0.15, 0.2) is 24.3 Å². The van der Waals surface area contributed by atoms with E-state index < -0.39 is 0 Å². The monoisotopic (exact) mass is 125 g/mol. The van der Waals surface area contributed by atoms with Gasteiger partial charge in [-0.2, -0.15) is 0 Å². The van der Waals surface area contributed by atoms with E-state index in [2.05, 4.69) is 0 Å². The van der Waals surface area contributed by atoms with Crippen LogP contribution in [-0.4, -0.2) is 15.8 Å². The third-order valence-corrected chi connectivity index (χ3v) is 1.11. The standard InChI is InChI=1S/C6H7NO2/c8-7(9)6-4-2-1-3-5-6/h1-4H,5H2,(H,8,9). The van der Waals surface area contributed by atoms with Gasteiger partial charge >= 0.3 is 0 Å². The molecule has 0 atom stereocenters. The van der Waals surface area contributed by atoms with Crippen LogP contribution < -0.4 is 0 Å². The Labute approximate surface area is 52.8 Å². The first-order valence-corrected chi connectivity index (χ1v) is 2.66. The molecule has 0 amide bonds. The molecule has 0 unspecified atom stereocenters. The summed E-state index contributed by atoms with van der Waals surface area (Å²) in [5.41, 5.74) is 0.373. The summed E-state index contributed by atoms with van der Waals surface area (Å²) in [5, 5.41) is 18.5. The van der Waals surface area contributed by atoms with Gasteiger partial charge < -0.3 is 5.21 Å². The smallest absolute Gasteiger partial charge is 0.248 e. The van der Waals surface area contributed by atoms with E-state index in [-0.39, 0.29) is 4.90 Å². The Hall–Kier alpha value is -1.25. The highest BCUT2D eigenvalue weighted by Crippen LogP contribution is 1.97. The van der Waals surface area contributed by atoms with E-state index in [1.807, 2.05) is 6.08 Å². The molecule has 0 saturated carbocycles. The SMILES string of the molecule is [O-][N+](O)=C1C=CC=CC1. The summed E-state index contributed by atoms with van der Waals surface area (Å²) in [4.78, 5) is -0.111. The number of nitrogens with zero attached hydrogens (tertiary/aromatic N) is 1.